The number of halogens is 1. The van der Waals surface area contributed by atoms with Crippen LogP contribution in [0.4, 0.5) is 10.1 Å². The van der Waals surface area contributed by atoms with Gasteiger partial charge in [0.2, 0.25) is 5.91 Å². The zero-order chi connectivity index (χ0) is 12.0. The van der Waals surface area contributed by atoms with Crippen LogP contribution < -0.4 is 10.6 Å². The number of carbonyl (C=O) groups is 1. The van der Waals surface area contributed by atoms with E-state index in [2.05, 4.69) is 10.6 Å². The summed E-state index contributed by atoms with van der Waals surface area (Å²) in [5.41, 5.74) is 0.995. The van der Waals surface area contributed by atoms with Crippen molar-refractivity contribution in [3.63, 3.8) is 0 Å². The van der Waals surface area contributed by atoms with E-state index < -0.39 is 5.82 Å². The number of benzene rings is 1. The summed E-state index contributed by atoms with van der Waals surface area (Å²) in [6.45, 7) is 4.77. The van der Waals surface area contributed by atoms with Crippen molar-refractivity contribution in [2.45, 2.75) is 20.3 Å². The Kier molecular flexibility index (Phi) is 4.92. The summed E-state index contributed by atoms with van der Waals surface area (Å²) < 4.78 is 13.4. The van der Waals surface area contributed by atoms with E-state index in [-0.39, 0.29) is 18.1 Å². The molecule has 1 amide bonds. The first-order valence-corrected chi connectivity index (χ1v) is 5.40. The summed E-state index contributed by atoms with van der Waals surface area (Å²) >= 11 is 0. The first-order chi connectivity index (χ1) is 7.65. The smallest absolute Gasteiger partial charge is 0.238 e. The van der Waals surface area contributed by atoms with Crippen molar-refractivity contribution in [2.24, 2.45) is 0 Å². The highest BCUT2D eigenvalue weighted by Gasteiger charge is 2.08. The van der Waals surface area contributed by atoms with Crippen LogP contribution >= 0.6 is 0 Å². The second-order valence-electron chi connectivity index (χ2n) is 3.66. The molecular formula is C12H17FN2O. The third-order valence-corrected chi connectivity index (χ3v) is 2.20. The maximum atomic E-state index is 13.4. The fourth-order valence-corrected chi connectivity index (χ4v) is 1.35. The molecule has 0 heterocycles. The Morgan fingerprint density at radius 1 is 1.44 bits per heavy atom. The van der Waals surface area contributed by atoms with Gasteiger partial charge < -0.3 is 10.6 Å². The minimum atomic E-state index is -0.399. The maximum Gasteiger partial charge on any atom is 0.238 e. The number of anilines is 1. The van der Waals surface area contributed by atoms with Gasteiger partial charge in [0.1, 0.15) is 5.82 Å². The van der Waals surface area contributed by atoms with Crippen molar-refractivity contribution in [1.82, 2.24) is 5.32 Å². The van der Waals surface area contributed by atoms with Gasteiger partial charge in [0, 0.05) is 0 Å². The summed E-state index contributed by atoms with van der Waals surface area (Å²) in [5.74, 6) is -0.620. The molecule has 88 valence electrons. The van der Waals surface area contributed by atoms with Crippen LogP contribution in [0.2, 0.25) is 0 Å². The van der Waals surface area contributed by atoms with E-state index in [0.717, 1.165) is 18.5 Å². The van der Waals surface area contributed by atoms with Crippen molar-refractivity contribution < 1.29 is 9.18 Å². The normalized spacial score (nSPS) is 10.2. The van der Waals surface area contributed by atoms with E-state index in [4.69, 9.17) is 0 Å². The largest absolute Gasteiger partial charge is 0.322 e. The Balaban J connectivity index is 2.56. The van der Waals surface area contributed by atoms with Crippen molar-refractivity contribution >= 4 is 11.6 Å². The van der Waals surface area contributed by atoms with E-state index in [1.165, 1.54) is 6.07 Å². The molecule has 0 aliphatic heterocycles. The number of hydrogen-bond acceptors (Lipinski definition) is 2. The van der Waals surface area contributed by atoms with Crippen LogP contribution in [0.25, 0.3) is 0 Å². The minimum absolute atomic E-state index is 0.210. The molecule has 0 aliphatic rings. The molecular weight excluding hydrogens is 207 g/mol. The van der Waals surface area contributed by atoms with Crippen molar-refractivity contribution in [2.75, 3.05) is 18.4 Å². The molecule has 0 spiro atoms. The molecule has 0 aliphatic carbocycles. The molecule has 3 nitrogen and oxygen atoms in total. The number of aryl methyl sites for hydroxylation is 1. The second kappa shape index (κ2) is 6.23. The average molecular weight is 224 g/mol. The van der Waals surface area contributed by atoms with Crippen LogP contribution in [0.1, 0.15) is 18.9 Å². The monoisotopic (exact) mass is 224 g/mol. The SMILES string of the molecule is CCCNCC(=O)Nc1c(C)cccc1F. The predicted octanol–water partition coefficient (Wildman–Crippen LogP) is 2.07. The van der Waals surface area contributed by atoms with Crippen molar-refractivity contribution in [3.8, 4) is 0 Å². The lowest BCUT2D eigenvalue weighted by molar-refractivity contribution is -0.115. The second-order valence-corrected chi connectivity index (χ2v) is 3.66. The number of rotatable bonds is 5. The molecule has 1 aromatic rings. The molecule has 0 fully saturated rings. The van der Waals surface area contributed by atoms with Gasteiger partial charge in [0.25, 0.3) is 0 Å². The Morgan fingerprint density at radius 3 is 2.81 bits per heavy atom. The lowest BCUT2D eigenvalue weighted by Crippen LogP contribution is -2.29. The third-order valence-electron chi connectivity index (χ3n) is 2.20. The standard InChI is InChI=1S/C12H17FN2O/c1-3-7-14-8-11(16)15-12-9(2)5-4-6-10(12)13/h4-6,14H,3,7-8H2,1-2H3,(H,15,16). The Morgan fingerprint density at radius 2 is 2.19 bits per heavy atom. The lowest BCUT2D eigenvalue weighted by Gasteiger charge is -2.09. The van der Waals surface area contributed by atoms with E-state index in [9.17, 15) is 9.18 Å². The van der Waals surface area contributed by atoms with Crippen LogP contribution in [0, 0.1) is 12.7 Å². The Labute approximate surface area is 95.0 Å². The Bertz CT molecular complexity index is 346. The summed E-state index contributed by atoms with van der Waals surface area (Å²) in [6, 6.07) is 4.72. The van der Waals surface area contributed by atoms with Crippen LogP contribution in [0.15, 0.2) is 18.2 Å². The molecule has 4 heteroatoms. The van der Waals surface area contributed by atoms with Gasteiger partial charge >= 0.3 is 0 Å². The van der Waals surface area contributed by atoms with Gasteiger partial charge in [-0.25, -0.2) is 4.39 Å². The number of carbonyl (C=O) groups excluding carboxylic acids is 1. The van der Waals surface area contributed by atoms with E-state index in [1.807, 2.05) is 6.92 Å². The molecule has 0 bridgehead atoms. The highest BCUT2D eigenvalue weighted by molar-refractivity contribution is 5.93. The molecule has 0 aromatic heterocycles. The lowest BCUT2D eigenvalue weighted by atomic mass is 10.2. The quantitative estimate of drug-likeness (QED) is 0.752. The van der Waals surface area contributed by atoms with Gasteiger partial charge in [-0.3, -0.25) is 4.79 Å². The fourth-order valence-electron chi connectivity index (χ4n) is 1.35. The summed E-state index contributed by atoms with van der Waals surface area (Å²) in [7, 11) is 0. The zero-order valence-electron chi connectivity index (χ0n) is 9.64. The fraction of sp³-hybridized carbons (Fsp3) is 0.417. The molecule has 0 atom stereocenters. The maximum absolute atomic E-state index is 13.4. The van der Waals surface area contributed by atoms with Crippen LogP contribution in [-0.4, -0.2) is 19.0 Å². The van der Waals surface area contributed by atoms with Crippen molar-refractivity contribution in [1.29, 1.82) is 0 Å². The van der Waals surface area contributed by atoms with Gasteiger partial charge in [-0.05, 0) is 31.5 Å². The predicted molar refractivity (Wildman–Crippen MR) is 62.9 cm³/mol. The van der Waals surface area contributed by atoms with Crippen molar-refractivity contribution in [3.05, 3.63) is 29.6 Å². The molecule has 0 unspecified atom stereocenters. The Hall–Kier alpha value is -1.42. The van der Waals surface area contributed by atoms with Gasteiger partial charge in [0.15, 0.2) is 0 Å². The first kappa shape index (κ1) is 12.6. The van der Waals surface area contributed by atoms with Gasteiger partial charge in [-0.15, -0.1) is 0 Å². The number of hydrogen-bond donors (Lipinski definition) is 2. The molecule has 0 radical (unpaired) electrons. The van der Waals surface area contributed by atoms with E-state index >= 15 is 0 Å². The summed E-state index contributed by atoms with van der Waals surface area (Å²) in [6.07, 6.45) is 0.964. The van der Waals surface area contributed by atoms with Crippen LogP contribution in [0.3, 0.4) is 0 Å². The molecule has 1 rings (SSSR count). The summed E-state index contributed by atoms with van der Waals surface area (Å²) in [4.78, 5) is 11.5. The van der Waals surface area contributed by atoms with E-state index in [0.29, 0.717) is 0 Å². The van der Waals surface area contributed by atoms with E-state index in [1.54, 1.807) is 19.1 Å². The van der Waals surface area contributed by atoms with Crippen LogP contribution in [0.5, 0.6) is 0 Å². The molecule has 16 heavy (non-hydrogen) atoms. The first-order valence-electron chi connectivity index (χ1n) is 5.40. The average Bonchev–Trinajstić information content (AvgIpc) is 2.24. The van der Waals surface area contributed by atoms with Gasteiger partial charge in [0.05, 0.1) is 12.2 Å². The topological polar surface area (TPSA) is 41.1 Å². The number of nitrogens with one attached hydrogen (secondary N) is 2. The molecule has 2 N–H and O–H groups in total. The third kappa shape index (κ3) is 3.62. The van der Waals surface area contributed by atoms with Gasteiger partial charge in [-0.1, -0.05) is 19.1 Å². The highest BCUT2D eigenvalue weighted by Crippen LogP contribution is 2.18. The molecule has 0 saturated heterocycles. The van der Waals surface area contributed by atoms with Crippen LogP contribution in [-0.2, 0) is 4.79 Å². The number of amides is 1. The summed E-state index contributed by atoms with van der Waals surface area (Å²) in [5, 5.41) is 5.52. The zero-order valence-corrected chi connectivity index (χ0v) is 9.64. The van der Waals surface area contributed by atoms with Gasteiger partial charge in [-0.2, -0.15) is 0 Å². The molecule has 0 saturated carbocycles. The highest BCUT2D eigenvalue weighted by atomic mass is 19.1. The number of para-hydroxylation sites is 1. The molecule has 1 aromatic carbocycles. The minimum Gasteiger partial charge on any atom is -0.322 e.